The van der Waals surface area contributed by atoms with Crippen molar-refractivity contribution in [1.29, 1.82) is 0 Å². The maximum atomic E-state index is 8.61. The minimum atomic E-state index is -2.55. The molecule has 0 saturated carbocycles. The van der Waals surface area contributed by atoms with Gasteiger partial charge in [0, 0.05) is 52.5 Å². The Morgan fingerprint density at radius 3 is 2.47 bits per heavy atom. The van der Waals surface area contributed by atoms with Crippen LogP contribution in [0.25, 0.3) is 92.4 Å². The van der Waals surface area contributed by atoms with Crippen molar-refractivity contribution in [3.63, 3.8) is 0 Å². The van der Waals surface area contributed by atoms with Gasteiger partial charge in [-0.2, -0.15) is 0 Å². The Balaban J connectivity index is 0.000000182. The molecule has 0 aliphatic heterocycles. The fourth-order valence-corrected chi connectivity index (χ4v) is 12.5. The topological polar surface area (TPSA) is 56.7 Å². The number of nitrogens with zero attached hydrogens (tertiary/aromatic N) is 4. The molecular formula is C54H46GeIrN4OS-2. The molecule has 5 heterocycles. The number of benzene rings is 6. The Bertz CT molecular complexity index is 3780. The third-order valence-corrected chi connectivity index (χ3v) is 16.5. The number of para-hydroxylation sites is 2. The summed E-state index contributed by atoms with van der Waals surface area (Å²) in [6, 6.07) is 42.4. The summed E-state index contributed by atoms with van der Waals surface area (Å²) in [6.45, 7) is 3.31. The molecule has 0 bridgehead atoms. The van der Waals surface area contributed by atoms with Gasteiger partial charge in [0.2, 0.25) is 5.71 Å². The molecule has 0 fully saturated rings. The maximum absolute atomic E-state index is 8.61. The standard InChI is InChI=1S/C35H20N3OS.C19H26GeN.Ir/c1-20-17-18-28(33-30(20)23-11-4-7-16-29(23)40-33)38-27-15-6-5-14-26(27)37-34(38)25-13-8-12-24-31-22-10-3-2-9-21(22)19-36-35(31)39-32(24)25;1-14(2)11-17-12-19(16-9-7-15(3)8-10-16)21-13-18(17)20(4,5)6;/h2-12,14-19H,1H3;7-9,12-14H,11H2,1-6H3;/q2*-1;/i;3D3,7D,8D,11D2;. The van der Waals surface area contributed by atoms with E-state index in [1.54, 1.807) is 12.3 Å². The van der Waals surface area contributed by atoms with Crippen LogP contribution in [-0.2, 0) is 26.5 Å². The number of hydrogen-bond donors (Lipinski definition) is 0. The Morgan fingerprint density at radius 2 is 1.66 bits per heavy atom. The van der Waals surface area contributed by atoms with Crippen molar-refractivity contribution in [2.75, 3.05) is 0 Å². The Morgan fingerprint density at radius 1 is 0.871 bits per heavy atom. The van der Waals surface area contributed by atoms with Crippen molar-refractivity contribution < 1.29 is 34.1 Å². The fraction of sp³-hybridized carbons (Fsp3) is 0.167. The van der Waals surface area contributed by atoms with Crippen LogP contribution in [0.1, 0.15) is 40.1 Å². The van der Waals surface area contributed by atoms with Gasteiger partial charge in [0.15, 0.2) is 0 Å². The van der Waals surface area contributed by atoms with Gasteiger partial charge in [-0.3, -0.25) is 4.98 Å². The van der Waals surface area contributed by atoms with Gasteiger partial charge in [-0.25, -0.2) is 4.98 Å². The zero-order valence-corrected chi connectivity index (χ0v) is 40.4. The Labute approximate surface area is 392 Å². The molecule has 6 aromatic carbocycles. The van der Waals surface area contributed by atoms with Gasteiger partial charge in [-0.05, 0) is 42.1 Å². The third kappa shape index (κ3) is 7.49. The molecule has 0 atom stereocenters. The van der Waals surface area contributed by atoms with Crippen LogP contribution >= 0.6 is 11.3 Å². The number of hydrogen-bond acceptors (Lipinski definition) is 5. The second-order valence-corrected chi connectivity index (χ2v) is 28.3. The number of furan rings is 1. The molecule has 0 N–H and O–H groups in total. The minimum absolute atomic E-state index is 0. The molecule has 8 heteroatoms. The zero-order chi connectivity index (χ0) is 48.0. The molecule has 0 amide bonds. The summed E-state index contributed by atoms with van der Waals surface area (Å²) in [7, 11) is 0. The monoisotopic (exact) mass is 1070 g/mol. The van der Waals surface area contributed by atoms with E-state index in [-0.39, 0.29) is 43.7 Å². The summed E-state index contributed by atoms with van der Waals surface area (Å²) in [5, 5.41) is 6.84. The molecule has 0 saturated heterocycles. The molecule has 5 nitrogen and oxygen atoms in total. The Hall–Kier alpha value is -5.44. The number of aromatic nitrogens is 4. The minimum Gasteiger partial charge on any atom is 0 e. The Kier molecular flexibility index (Phi) is 9.18. The second kappa shape index (κ2) is 16.7. The van der Waals surface area contributed by atoms with Gasteiger partial charge in [-0.15, -0.1) is 29.5 Å². The van der Waals surface area contributed by atoms with E-state index in [0.717, 1.165) is 59.6 Å². The normalized spacial score (nSPS) is 14.0. The smallest absolute Gasteiger partial charge is 0 e. The first-order valence-corrected chi connectivity index (χ1v) is 28.5. The first-order chi connectivity index (χ1) is 32.3. The van der Waals surface area contributed by atoms with E-state index >= 15 is 0 Å². The summed E-state index contributed by atoms with van der Waals surface area (Å²) in [5.74, 6) is 7.09. The predicted octanol–water partition coefficient (Wildman–Crippen LogP) is 14.2. The van der Waals surface area contributed by atoms with Crippen LogP contribution in [0.3, 0.4) is 0 Å². The van der Waals surface area contributed by atoms with E-state index < -0.39 is 26.5 Å². The molecule has 0 aliphatic rings. The van der Waals surface area contributed by atoms with Crippen LogP contribution in [0.4, 0.5) is 0 Å². The summed E-state index contributed by atoms with van der Waals surface area (Å²) >= 11 is -0.588. The van der Waals surface area contributed by atoms with Gasteiger partial charge in [0.1, 0.15) is 0 Å². The van der Waals surface area contributed by atoms with Gasteiger partial charge in [0.05, 0.1) is 32.8 Å². The summed E-state index contributed by atoms with van der Waals surface area (Å²) in [4.78, 5) is 14.3. The molecule has 309 valence electrons. The van der Waals surface area contributed by atoms with Crippen LogP contribution in [0, 0.1) is 31.8 Å². The first-order valence-electron chi connectivity index (χ1n) is 23.9. The summed E-state index contributed by atoms with van der Waals surface area (Å²) in [5.41, 5.74) is 7.53. The summed E-state index contributed by atoms with van der Waals surface area (Å²) < 4.78 is 68.1. The average molecular weight is 1070 g/mol. The van der Waals surface area contributed by atoms with Crippen LogP contribution in [0.5, 0.6) is 0 Å². The first kappa shape index (κ1) is 34.1. The fourth-order valence-electron chi connectivity index (χ4n) is 8.24. The van der Waals surface area contributed by atoms with Gasteiger partial charge >= 0.3 is 141 Å². The number of pyridine rings is 2. The number of rotatable bonds is 6. The van der Waals surface area contributed by atoms with E-state index in [2.05, 4.69) is 130 Å². The zero-order valence-electron chi connectivity index (χ0n) is 42.1. The largest absolute Gasteiger partial charge is 0 e. The predicted molar refractivity (Wildman–Crippen MR) is 260 cm³/mol. The number of fused-ring (bicyclic) bond motifs is 9. The van der Waals surface area contributed by atoms with E-state index in [1.165, 1.54) is 31.8 Å². The average Bonchev–Trinajstić information content (AvgIpc) is 4.01. The molecule has 0 aliphatic carbocycles. The second-order valence-electron chi connectivity index (χ2n) is 16.7. The van der Waals surface area contributed by atoms with Gasteiger partial charge < -0.3 is 8.98 Å². The van der Waals surface area contributed by atoms with E-state index in [9.17, 15) is 0 Å². The molecule has 11 aromatic rings. The van der Waals surface area contributed by atoms with Crippen LogP contribution < -0.4 is 4.40 Å². The van der Waals surface area contributed by atoms with Crippen molar-refractivity contribution in [3.8, 4) is 28.3 Å². The van der Waals surface area contributed by atoms with Crippen molar-refractivity contribution >= 4 is 93.0 Å². The van der Waals surface area contributed by atoms with E-state index in [1.807, 2.05) is 49.6 Å². The van der Waals surface area contributed by atoms with E-state index in [0.29, 0.717) is 22.5 Å². The van der Waals surface area contributed by atoms with Crippen LogP contribution in [0.2, 0.25) is 17.3 Å². The van der Waals surface area contributed by atoms with Crippen LogP contribution in [-0.4, -0.2) is 32.8 Å². The van der Waals surface area contributed by atoms with Gasteiger partial charge in [0.25, 0.3) is 0 Å². The van der Waals surface area contributed by atoms with Crippen LogP contribution in [0.15, 0.2) is 138 Å². The number of aryl methyl sites for hydroxylation is 1. The quantitative estimate of drug-likeness (QED) is 0.123. The van der Waals surface area contributed by atoms with E-state index in [4.69, 9.17) is 19.0 Å². The SMILES string of the molecule is Cc1ccc(-n2c(-c3[c-]ccc4c3oc3ncc5ccccc5c34)nc3ccccc32)c2sc3ccccc3c12.[2H]c1[c-]c(-c2cc(C([2H])([2H])C(C)C)[c]([Ge]([CH3])([CH3])[CH3])cn2)cc([2H])c1C([2H])([2H])[2H].[Ir]. The number of thiophene rings is 1. The molecule has 0 spiro atoms. The molecule has 62 heavy (non-hydrogen) atoms. The maximum Gasteiger partial charge on any atom is 0 e. The summed E-state index contributed by atoms with van der Waals surface area (Å²) in [6.07, 6.45) is 2.03. The van der Waals surface area contributed by atoms with Crippen molar-refractivity contribution in [3.05, 3.63) is 162 Å². The molecule has 11 rings (SSSR count). The molecule has 5 aromatic heterocycles. The van der Waals surface area contributed by atoms with Gasteiger partial charge in [-0.1, -0.05) is 71.6 Å². The van der Waals surface area contributed by atoms with Crippen molar-refractivity contribution in [1.82, 2.24) is 19.5 Å². The molecular weight excluding hydrogens is 1020 g/mol. The molecule has 0 unspecified atom stereocenters. The van der Waals surface area contributed by atoms with Crippen molar-refractivity contribution in [2.45, 2.75) is 51.3 Å². The molecule has 1 radical (unpaired) electrons. The number of imidazole rings is 1. The third-order valence-electron chi connectivity index (χ3n) is 11.0. The van der Waals surface area contributed by atoms with Crippen molar-refractivity contribution in [2.24, 2.45) is 5.92 Å².